The lowest BCUT2D eigenvalue weighted by molar-refractivity contribution is -0.125. The van der Waals surface area contributed by atoms with Gasteiger partial charge in [0.05, 0.1) is 0 Å². The summed E-state index contributed by atoms with van der Waals surface area (Å²) in [7, 11) is 0. The number of primary amides is 1. The van der Waals surface area contributed by atoms with Crippen LogP contribution in [0.2, 0.25) is 0 Å². The van der Waals surface area contributed by atoms with E-state index >= 15 is 0 Å². The van der Waals surface area contributed by atoms with Crippen LogP contribution in [0.4, 0.5) is 0 Å². The predicted molar refractivity (Wildman–Crippen MR) is 53.3 cm³/mol. The maximum Gasteiger partial charge on any atom is 0.245 e. The van der Waals surface area contributed by atoms with Gasteiger partial charge in [-0.05, 0) is 12.0 Å². The number of hydrogen-bond donors (Lipinski definition) is 2. The lowest BCUT2D eigenvalue weighted by atomic mass is 10.2. The third-order valence-corrected chi connectivity index (χ3v) is 1.68. The largest absolute Gasteiger partial charge is 0.368 e. The van der Waals surface area contributed by atoms with E-state index in [0.717, 1.165) is 6.42 Å². The standard InChI is InChI=1S/C10H14N2O2/c11-10(13)8-14-12-7-6-9-4-2-1-3-5-9/h1-5,12H,6-8H2,(H2,11,13). The number of rotatable bonds is 6. The molecule has 0 radical (unpaired) electrons. The van der Waals surface area contributed by atoms with Crippen LogP contribution in [0.25, 0.3) is 0 Å². The van der Waals surface area contributed by atoms with Gasteiger partial charge in [0.2, 0.25) is 5.91 Å². The molecule has 0 spiro atoms. The predicted octanol–water partition coefficient (Wildman–Crippen LogP) is 0.236. The third-order valence-electron chi connectivity index (χ3n) is 1.68. The van der Waals surface area contributed by atoms with Crippen molar-refractivity contribution in [1.82, 2.24) is 5.48 Å². The fourth-order valence-corrected chi connectivity index (χ4v) is 1.03. The zero-order chi connectivity index (χ0) is 10.2. The highest BCUT2D eigenvalue weighted by Gasteiger charge is 1.94. The average molecular weight is 194 g/mol. The van der Waals surface area contributed by atoms with E-state index in [1.165, 1.54) is 5.56 Å². The summed E-state index contributed by atoms with van der Waals surface area (Å²) < 4.78 is 0. The number of benzene rings is 1. The molecule has 0 aliphatic heterocycles. The molecule has 0 aliphatic rings. The Morgan fingerprint density at radius 1 is 1.36 bits per heavy atom. The average Bonchev–Trinajstić information content (AvgIpc) is 2.18. The molecule has 1 aromatic carbocycles. The second kappa shape index (κ2) is 6.12. The third kappa shape index (κ3) is 4.59. The van der Waals surface area contributed by atoms with Crippen molar-refractivity contribution in [3.8, 4) is 0 Å². The number of carbonyl (C=O) groups excluding carboxylic acids is 1. The fourth-order valence-electron chi connectivity index (χ4n) is 1.03. The molecule has 4 heteroatoms. The van der Waals surface area contributed by atoms with E-state index in [1.807, 2.05) is 30.3 Å². The molecule has 1 amide bonds. The number of nitrogens with one attached hydrogen (secondary N) is 1. The lowest BCUT2D eigenvalue weighted by Gasteiger charge is -2.03. The number of carbonyl (C=O) groups is 1. The van der Waals surface area contributed by atoms with Crippen molar-refractivity contribution in [2.24, 2.45) is 5.73 Å². The molecule has 0 aliphatic carbocycles. The Morgan fingerprint density at radius 3 is 2.71 bits per heavy atom. The van der Waals surface area contributed by atoms with Crippen LogP contribution >= 0.6 is 0 Å². The molecule has 76 valence electrons. The molecular weight excluding hydrogens is 180 g/mol. The molecular formula is C10H14N2O2. The highest BCUT2D eigenvalue weighted by molar-refractivity contribution is 5.74. The topological polar surface area (TPSA) is 64.4 Å². The van der Waals surface area contributed by atoms with E-state index in [0.29, 0.717) is 6.54 Å². The van der Waals surface area contributed by atoms with Crippen molar-refractivity contribution in [1.29, 1.82) is 0 Å². The van der Waals surface area contributed by atoms with Crippen LogP contribution in [-0.4, -0.2) is 19.1 Å². The van der Waals surface area contributed by atoms with Crippen LogP contribution in [0, 0.1) is 0 Å². The van der Waals surface area contributed by atoms with Gasteiger partial charge in [0.15, 0.2) is 0 Å². The quantitative estimate of drug-likeness (QED) is 0.503. The zero-order valence-electron chi connectivity index (χ0n) is 7.90. The van der Waals surface area contributed by atoms with Gasteiger partial charge in [0.1, 0.15) is 6.61 Å². The minimum Gasteiger partial charge on any atom is -0.368 e. The molecule has 0 aromatic heterocycles. The van der Waals surface area contributed by atoms with Crippen LogP contribution in [0.3, 0.4) is 0 Å². The highest BCUT2D eigenvalue weighted by Crippen LogP contribution is 1.97. The molecule has 0 unspecified atom stereocenters. The number of nitrogens with two attached hydrogens (primary N) is 1. The fraction of sp³-hybridized carbons (Fsp3) is 0.300. The molecule has 0 saturated carbocycles. The van der Waals surface area contributed by atoms with Crippen LogP contribution in [0.1, 0.15) is 5.56 Å². The molecule has 4 nitrogen and oxygen atoms in total. The maximum atomic E-state index is 10.3. The van der Waals surface area contributed by atoms with Crippen molar-refractivity contribution in [2.75, 3.05) is 13.2 Å². The Labute approximate surface area is 83.0 Å². The van der Waals surface area contributed by atoms with Crippen molar-refractivity contribution >= 4 is 5.91 Å². The van der Waals surface area contributed by atoms with E-state index < -0.39 is 5.91 Å². The summed E-state index contributed by atoms with van der Waals surface area (Å²) in [5.41, 5.74) is 8.77. The number of hydroxylamine groups is 1. The Bertz CT molecular complexity index is 275. The molecule has 0 atom stereocenters. The summed E-state index contributed by atoms with van der Waals surface area (Å²) in [6, 6.07) is 10.0. The van der Waals surface area contributed by atoms with Gasteiger partial charge in [-0.25, -0.2) is 5.48 Å². The van der Waals surface area contributed by atoms with Gasteiger partial charge in [-0.15, -0.1) is 0 Å². The molecule has 0 fully saturated rings. The molecule has 1 rings (SSSR count). The zero-order valence-corrected chi connectivity index (χ0v) is 7.90. The van der Waals surface area contributed by atoms with Gasteiger partial charge in [0, 0.05) is 6.54 Å². The first-order valence-corrected chi connectivity index (χ1v) is 4.46. The van der Waals surface area contributed by atoms with Gasteiger partial charge < -0.3 is 5.73 Å². The summed E-state index contributed by atoms with van der Waals surface area (Å²) >= 11 is 0. The smallest absolute Gasteiger partial charge is 0.245 e. The molecule has 0 bridgehead atoms. The van der Waals surface area contributed by atoms with Crippen molar-refractivity contribution in [2.45, 2.75) is 6.42 Å². The minimum absolute atomic E-state index is 0.0885. The van der Waals surface area contributed by atoms with Crippen LogP contribution in [-0.2, 0) is 16.1 Å². The monoisotopic (exact) mass is 194 g/mol. The Kier molecular flexibility index (Phi) is 4.68. The Balaban J connectivity index is 2.08. The summed E-state index contributed by atoms with van der Waals surface area (Å²) in [5, 5.41) is 0. The van der Waals surface area contributed by atoms with E-state index in [9.17, 15) is 4.79 Å². The highest BCUT2D eigenvalue weighted by atomic mass is 16.6. The minimum atomic E-state index is -0.475. The van der Waals surface area contributed by atoms with E-state index in [1.54, 1.807) is 0 Å². The maximum absolute atomic E-state index is 10.3. The van der Waals surface area contributed by atoms with Crippen molar-refractivity contribution < 1.29 is 9.63 Å². The van der Waals surface area contributed by atoms with E-state index in [2.05, 4.69) is 5.48 Å². The second-order valence-corrected chi connectivity index (χ2v) is 2.88. The van der Waals surface area contributed by atoms with Gasteiger partial charge in [-0.3, -0.25) is 9.63 Å². The number of amides is 1. The summed E-state index contributed by atoms with van der Waals surface area (Å²) in [4.78, 5) is 15.1. The first kappa shape index (κ1) is 10.7. The normalized spacial score (nSPS) is 10.0. The first-order chi connectivity index (χ1) is 6.79. The van der Waals surface area contributed by atoms with Crippen molar-refractivity contribution in [3.63, 3.8) is 0 Å². The van der Waals surface area contributed by atoms with E-state index in [4.69, 9.17) is 10.6 Å². The van der Waals surface area contributed by atoms with Gasteiger partial charge in [-0.2, -0.15) is 0 Å². The molecule has 3 N–H and O–H groups in total. The summed E-state index contributed by atoms with van der Waals surface area (Å²) in [5.74, 6) is -0.475. The van der Waals surface area contributed by atoms with Crippen LogP contribution in [0.15, 0.2) is 30.3 Å². The van der Waals surface area contributed by atoms with E-state index in [-0.39, 0.29) is 6.61 Å². The van der Waals surface area contributed by atoms with Crippen LogP contribution in [0.5, 0.6) is 0 Å². The van der Waals surface area contributed by atoms with Gasteiger partial charge >= 0.3 is 0 Å². The molecule has 1 aromatic rings. The SMILES string of the molecule is NC(=O)CONCCc1ccccc1. The lowest BCUT2D eigenvalue weighted by Crippen LogP contribution is -2.26. The van der Waals surface area contributed by atoms with Crippen molar-refractivity contribution in [3.05, 3.63) is 35.9 Å². The van der Waals surface area contributed by atoms with Crippen LogP contribution < -0.4 is 11.2 Å². The molecule has 14 heavy (non-hydrogen) atoms. The molecule has 0 heterocycles. The Hall–Kier alpha value is -1.39. The van der Waals surface area contributed by atoms with Gasteiger partial charge in [-0.1, -0.05) is 30.3 Å². The van der Waals surface area contributed by atoms with Gasteiger partial charge in [0.25, 0.3) is 0 Å². The second-order valence-electron chi connectivity index (χ2n) is 2.88. The Morgan fingerprint density at radius 2 is 2.07 bits per heavy atom. The number of hydrogen-bond acceptors (Lipinski definition) is 3. The molecule has 0 saturated heterocycles. The summed E-state index contributed by atoms with van der Waals surface area (Å²) in [6.45, 7) is 0.575. The summed E-state index contributed by atoms with van der Waals surface area (Å²) in [6.07, 6.45) is 0.861. The first-order valence-electron chi connectivity index (χ1n) is 4.46.